The molecule has 0 bridgehead atoms. The molecule has 0 heterocycles. The van der Waals surface area contributed by atoms with Gasteiger partial charge in [0.25, 0.3) is 0 Å². The Labute approximate surface area is 146 Å². The number of rotatable bonds is 3. The fourth-order valence-electron chi connectivity index (χ4n) is 3.06. The number of halogens is 2. The average Bonchev–Trinajstić information content (AvgIpc) is 2.57. The van der Waals surface area contributed by atoms with E-state index in [0.717, 1.165) is 35.3 Å². The van der Waals surface area contributed by atoms with E-state index >= 15 is 0 Å². The molecule has 0 aromatic heterocycles. The van der Waals surface area contributed by atoms with Gasteiger partial charge in [0.2, 0.25) is 0 Å². The first-order valence-electron chi connectivity index (χ1n) is 8.71. The van der Waals surface area contributed by atoms with E-state index in [-0.39, 0.29) is 5.57 Å². The number of hydrogen-bond acceptors (Lipinski definition) is 0. The van der Waals surface area contributed by atoms with Crippen molar-refractivity contribution in [1.82, 2.24) is 0 Å². The van der Waals surface area contributed by atoms with Gasteiger partial charge in [0.15, 0.2) is 0 Å². The molecule has 24 heavy (non-hydrogen) atoms. The van der Waals surface area contributed by atoms with Gasteiger partial charge in [0.05, 0.1) is 5.57 Å². The molecule has 0 amide bonds. The first-order chi connectivity index (χ1) is 11.5. The van der Waals surface area contributed by atoms with Crippen LogP contribution in [0.25, 0.3) is 0 Å². The highest BCUT2D eigenvalue weighted by atomic mass is 19.1. The van der Waals surface area contributed by atoms with Crippen molar-refractivity contribution in [3.05, 3.63) is 52.9 Å². The van der Waals surface area contributed by atoms with Crippen LogP contribution >= 0.6 is 0 Å². The Morgan fingerprint density at radius 3 is 2.42 bits per heavy atom. The molecular formula is C20H24B2F2. The predicted molar refractivity (Wildman–Crippen MR) is 104 cm³/mol. The van der Waals surface area contributed by atoms with Crippen LogP contribution in [0, 0.1) is 17.8 Å². The van der Waals surface area contributed by atoms with Gasteiger partial charge in [-0.25, -0.2) is 8.78 Å². The monoisotopic (exact) mass is 324 g/mol. The molecule has 0 nitrogen and oxygen atoms in total. The van der Waals surface area contributed by atoms with Gasteiger partial charge >= 0.3 is 0 Å². The van der Waals surface area contributed by atoms with E-state index in [1.165, 1.54) is 18.9 Å². The summed E-state index contributed by atoms with van der Waals surface area (Å²) in [6.45, 7) is 1.07. The fraction of sp³-hybridized carbons (Fsp3) is 0.400. The first kappa shape index (κ1) is 18.6. The lowest BCUT2D eigenvalue weighted by Gasteiger charge is -2.26. The summed E-state index contributed by atoms with van der Waals surface area (Å²) in [6, 6.07) is 7.60. The van der Waals surface area contributed by atoms with Crippen LogP contribution in [0.1, 0.15) is 38.2 Å². The molecule has 0 radical (unpaired) electrons. The van der Waals surface area contributed by atoms with Crippen LogP contribution in [0.4, 0.5) is 8.78 Å². The molecule has 0 unspecified atom stereocenters. The largest absolute Gasteiger partial charge is 0.245 e. The summed E-state index contributed by atoms with van der Waals surface area (Å²) in [6.07, 6.45) is 6.04. The summed E-state index contributed by atoms with van der Waals surface area (Å²) in [5.74, 6) is 6.14. The Kier molecular flexibility index (Phi) is 6.91. The third kappa shape index (κ3) is 5.41. The Morgan fingerprint density at radius 2 is 1.83 bits per heavy atom. The molecule has 0 aliphatic heterocycles. The summed E-state index contributed by atoms with van der Waals surface area (Å²) in [4.78, 5) is 0. The van der Waals surface area contributed by atoms with Crippen molar-refractivity contribution in [3.8, 4) is 11.8 Å². The molecule has 1 saturated carbocycles. The van der Waals surface area contributed by atoms with Gasteiger partial charge in [-0.1, -0.05) is 53.7 Å². The van der Waals surface area contributed by atoms with Gasteiger partial charge in [0.1, 0.15) is 28.2 Å². The molecule has 4 heteroatoms. The van der Waals surface area contributed by atoms with E-state index in [0.29, 0.717) is 5.92 Å². The van der Waals surface area contributed by atoms with Crippen LogP contribution in [0.2, 0.25) is 5.82 Å². The molecule has 0 atom stereocenters. The summed E-state index contributed by atoms with van der Waals surface area (Å²) in [5.41, 5.74) is 2.83. The van der Waals surface area contributed by atoms with Crippen LogP contribution in [0.5, 0.6) is 0 Å². The van der Waals surface area contributed by atoms with E-state index in [4.69, 9.17) is 0 Å². The molecule has 0 spiro atoms. The summed E-state index contributed by atoms with van der Waals surface area (Å²) in [7, 11) is 4.25. The molecule has 0 N–H and O–H groups in total. The van der Waals surface area contributed by atoms with Crippen LogP contribution in [0.3, 0.4) is 0 Å². The molecule has 1 aliphatic carbocycles. The molecule has 124 valence electrons. The van der Waals surface area contributed by atoms with Crippen molar-refractivity contribution in [2.45, 2.75) is 38.4 Å². The molecule has 1 aromatic rings. The highest BCUT2D eigenvalue weighted by Gasteiger charge is 2.19. The first-order valence-corrected chi connectivity index (χ1v) is 8.71. The quantitative estimate of drug-likeness (QED) is 0.455. The topological polar surface area (TPSA) is 0 Å². The smallest absolute Gasteiger partial charge is 0.139 e. The lowest BCUT2D eigenvalue weighted by Crippen LogP contribution is -2.12. The molecular weight excluding hydrogens is 300 g/mol. The third-order valence-electron chi connectivity index (χ3n) is 4.85. The maximum absolute atomic E-state index is 14.4. The van der Waals surface area contributed by atoms with Crippen molar-refractivity contribution in [2.24, 2.45) is 5.92 Å². The number of hydrogen-bond donors (Lipinski definition) is 0. The van der Waals surface area contributed by atoms with Crippen molar-refractivity contribution >= 4 is 21.2 Å². The van der Waals surface area contributed by atoms with Gasteiger partial charge < -0.3 is 0 Å². The summed E-state index contributed by atoms with van der Waals surface area (Å²) in [5, 5.41) is 0. The van der Waals surface area contributed by atoms with Crippen LogP contribution in [-0.4, -0.2) is 22.4 Å². The van der Waals surface area contributed by atoms with Gasteiger partial charge in [-0.05, 0) is 43.9 Å². The van der Waals surface area contributed by atoms with Crippen molar-refractivity contribution < 1.29 is 8.78 Å². The molecule has 0 saturated heterocycles. The standard InChI is InChI=1S/C20H24B2F2/c1-14(16-6-10-19(22)11-7-16)12-20(24)17(13-23)5-2-15-3-8-18(21)9-4-15/h3-4,8-9,12,16,19H,6-7,10-11,13,21-22H2,1H3/b14-12+,20-17+. The highest BCUT2D eigenvalue weighted by Crippen LogP contribution is 2.35. The van der Waals surface area contributed by atoms with E-state index in [2.05, 4.69) is 19.7 Å². The van der Waals surface area contributed by atoms with Crippen LogP contribution < -0.4 is 5.46 Å². The van der Waals surface area contributed by atoms with E-state index < -0.39 is 12.5 Å². The average molecular weight is 324 g/mol. The zero-order chi connectivity index (χ0) is 17.5. The summed E-state index contributed by atoms with van der Waals surface area (Å²) < 4.78 is 27.6. The van der Waals surface area contributed by atoms with Crippen LogP contribution in [0.15, 0.2) is 47.3 Å². The lowest BCUT2D eigenvalue weighted by molar-refractivity contribution is 0.402. The van der Waals surface area contributed by atoms with Gasteiger partial charge in [-0.15, -0.1) is 0 Å². The number of alkyl halides is 1. The second-order valence-electron chi connectivity index (χ2n) is 6.92. The zero-order valence-corrected chi connectivity index (χ0v) is 14.8. The Hall–Kier alpha value is -1.75. The van der Waals surface area contributed by atoms with E-state index in [1.54, 1.807) is 0 Å². The third-order valence-corrected chi connectivity index (χ3v) is 4.85. The molecule has 2 rings (SSSR count). The van der Waals surface area contributed by atoms with Crippen LogP contribution in [-0.2, 0) is 0 Å². The Bertz CT molecular complexity index is 670. The highest BCUT2D eigenvalue weighted by molar-refractivity contribution is 6.32. The SMILES string of the molecule is Bc1ccc(C#C/C(CF)=C(F)/C=C(\C)C2CCC(B)CC2)cc1. The van der Waals surface area contributed by atoms with Gasteiger partial charge in [0, 0.05) is 5.56 Å². The Balaban J connectivity index is 2.14. The van der Waals surface area contributed by atoms with Gasteiger partial charge in [-0.3, -0.25) is 0 Å². The zero-order valence-electron chi connectivity index (χ0n) is 14.8. The normalized spacial score (nSPS) is 22.4. The molecule has 1 aliphatic rings. The second-order valence-corrected chi connectivity index (χ2v) is 6.92. The van der Waals surface area contributed by atoms with Crippen molar-refractivity contribution in [2.75, 3.05) is 6.67 Å². The Morgan fingerprint density at radius 1 is 1.21 bits per heavy atom. The maximum Gasteiger partial charge on any atom is 0.139 e. The van der Waals surface area contributed by atoms with E-state index in [1.807, 2.05) is 39.0 Å². The fourth-order valence-corrected chi connectivity index (χ4v) is 3.06. The predicted octanol–water partition coefficient (Wildman–Crippen LogP) is 3.05. The number of allylic oxidation sites excluding steroid dienone is 4. The number of benzene rings is 1. The lowest BCUT2D eigenvalue weighted by atomic mass is 9.70. The second kappa shape index (κ2) is 8.92. The summed E-state index contributed by atoms with van der Waals surface area (Å²) >= 11 is 0. The molecule has 1 aromatic carbocycles. The van der Waals surface area contributed by atoms with Gasteiger partial charge in [-0.2, -0.15) is 0 Å². The minimum atomic E-state index is -0.879. The van der Waals surface area contributed by atoms with Crippen molar-refractivity contribution in [1.29, 1.82) is 0 Å². The minimum absolute atomic E-state index is 0.0703. The minimum Gasteiger partial charge on any atom is -0.245 e. The van der Waals surface area contributed by atoms with Crippen molar-refractivity contribution in [3.63, 3.8) is 0 Å². The molecule has 1 fully saturated rings. The maximum atomic E-state index is 14.4. The van der Waals surface area contributed by atoms with E-state index in [9.17, 15) is 8.78 Å².